The van der Waals surface area contributed by atoms with Gasteiger partial charge in [-0.25, -0.2) is 4.98 Å². The van der Waals surface area contributed by atoms with Crippen molar-refractivity contribution in [3.8, 4) is 0 Å². The monoisotopic (exact) mass is 265 g/mol. The lowest BCUT2D eigenvalue weighted by atomic mass is 10.4. The van der Waals surface area contributed by atoms with Crippen LogP contribution in [0, 0.1) is 0 Å². The molecule has 2 N–H and O–H groups in total. The van der Waals surface area contributed by atoms with Crippen LogP contribution in [-0.4, -0.2) is 16.9 Å². The first-order valence-electron chi connectivity index (χ1n) is 4.31. The number of anilines is 1. The van der Waals surface area contributed by atoms with Crippen molar-refractivity contribution in [3.63, 3.8) is 0 Å². The second-order valence-electron chi connectivity index (χ2n) is 2.81. The lowest BCUT2D eigenvalue weighted by Gasteiger charge is -2.04. The Morgan fingerprint density at radius 2 is 2.12 bits per heavy atom. The van der Waals surface area contributed by atoms with Gasteiger partial charge in [-0.15, -0.1) is 0 Å². The van der Waals surface area contributed by atoms with Crippen molar-refractivity contribution in [3.05, 3.63) is 35.6 Å². The van der Waals surface area contributed by atoms with E-state index >= 15 is 0 Å². The van der Waals surface area contributed by atoms with Crippen molar-refractivity contribution in [2.45, 2.75) is 6.18 Å². The van der Waals surface area contributed by atoms with Gasteiger partial charge >= 0.3 is 6.18 Å². The number of halogens is 4. The van der Waals surface area contributed by atoms with Crippen molar-refractivity contribution < 1.29 is 18.0 Å². The summed E-state index contributed by atoms with van der Waals surface area (Å²) >= 11 is 5.57. The maximum Gasteiger partial charge on any atom is 0.454 e. The van der Waals surface area contributed by atoms with Crippen molar-refractivity contribution in [2.75, 3.05) is 5.43 Å². The van der Waals surface area contributed by atoms with Crippen LogP contribution in [0.1, 0.15) is 0 Å². The Hall–Kier alpha value is -1.76. The molecule has 0 atom stereocenters. The Morgan fingerprint density at radius 1 is 1.41 bits per heavy atom. The Labute approximate surface area is 99.5 Å². The number of rotatable bonds is 4. The van der Waals surface area contributed by atoms with E-state index in [1.807, 2.05) is 0 Å². The second-order valence-corrected chi connectivity index (χ2v) is 3.20. The smallest absolute Gasteiger partial charge is 0.307 e. The first kappa shape index (κ1) is 13.3. The molecule has 1 heterocycles. The predicted molar refractivity (Wildman–Crippen MR) is 56.2 cm³/mol. The van der Waals surface area contributed by atoms with E-state index in [-0.39, 0.29) is 5.15 Å². The van der Waals surface area contributed by atoms with Crippen LogP contribution in [0.4, 0.5) is 19.0 Å². The molecule has 0 radical (unpaired) electrons. The molecular weight excluding hydrogens is 259 g/mol. The standard InChI is InChI=1S/C9H7ClF3N3O/c10-7-2-1-3-8(15-7)16-14-5-4-6(17)9(11,12)13/h1-5,14H,(H,15,16). The molecule has 0 amide bonds. The van der Waals surface area contributed by atoms with Gasteiger partial charge in [-0.1, -0.05) is 17.7 Å². The van der Waals surface area contributed by atoms with E-state index in [0.29, 0.717) is 11.9 Å². The van der Waals surface area contributed by atoms with Crippen LogP contribution < -0.4 is 10.9 Å². The van der Waals surface area contributed by atoms with E-state index in [9.17, 15) is 18.0 Å². The highest BCUT2D eigenvalue weighted by atomic mass is 35.5. The number of carbonyl (C=O) groups is 1. The van der Waals surface area contributed by atoms with Gasteiger partial charge in [0.05, 0.1) is 0 Å². The number of hydrogen-bond acceptors (Lipinski definition) is 4. The van der Waals surface area contributed by atoms with Gasteiger partial charge in [0.15, 0.2) is 0 Å². The largest absolute Gasteiger partial charge is 0.454 e. The van der Waals surface area contributed by atoms with E-state index in [1.165, 1.54) is 12.1 Å². The quantitative estimate of drug-likeness (QED) is 0.498. The van der Waals surface area contributed by atoms with Crippen LogP contribution in [0.3, 0.4) is 0 Å². The number of alkyl halides is 3. The summed E-state index contributed by atoms with van der Waals surface area (Å²) in [6, 6.07) is 4.68. The highest BCUT2D eigenvalue weighted by molar-refractivity contribution is 6.29. The molecule has 0 saturated carbocycles. The SMILES string of the molecule is O=C(C=CNNc1cccc(Cl)n1)C(F)(F)F. The topological polar surface area (TPSA) is 54.0 Å². The molecule has 17 heavy (non-hydrogen) atoms. The fraction of sp³-hybridized carbons (Fsp3) is 0.111. The third-order valence-corrected chi connectivity index (χ3v) is 1.72. The summed E-state index contributed by atoms with van der Waals surface area (Å²) in [6.45, 7) is 0. The van der Waals surface area contributed by atoms with Crippen LogP contribution in [0.25, 0.3) is 0 Å². The summed E-state index contributed by atoms with van der Waals surface area (Å²) in [5, 5.41) is 0.229. The molecular formula is C9H7ClF3N3O. The lowest BCUT2D eigenvalue weighted by Crippen LogP contribution is -2.22. The molecule has 0 unspecified atom stereocenters. The minimum absolute atomic E-state index is 0.229. The predicted octanol–water partition coefficient (Wildman–Crippen LogP) is 2.30. The lowest BCUT2D eigenvalue weighted by molar-refractivity contribution is -0.165. The molecule has 0 aliphatic rings. The minimum atomic E-state index is -4.87. The summed E-state index contributed by atoms with van der Waals surface area (Å²) in [5.74, 6) is -1.65. The Bertz CT molecular complexity index is 434. The molecule has 92 valence electrons. The molecule has 8 heteroatoms. The molecule has 0 aromatic carbocycles. The highest BCUT2D eigenvalue weighted by Crippen LogP contribution is 2.16. The van der Waals surface area contributed by atoms with Gasteiger partial charge < -0.3 is 5.43 Å². The highest BCUT2D eigenvalue weighted by Gasteiger charge is 2.35. The van der Waals surface area contributed by atoms with Crippen molar-refractivity contribution >= 4 is 23.2 Å². The van der Waals surface area contributed by atoms with Crippen molar-refractivity contribution in [2.24, 2.45) is 0 Å². The van der Waals surface area contributed by atoms with Crippen molar-refractivity contribution in [1.29, 1.82) is 0 Å². The third kappa shape index (κ3) is 4.73. The average Bonchev–Trinajstić information content (AvgIpc) is 2.23. The molecule has 4 nitrogen and oxygen atoms in total. The summed E-state index contributed by atoms with van der Waals surface area (Å²) in [7, 11) is 0. The number of pyridine rings is 1. The number of ketones is 1. The number of carbonyl (C=O) groups excluding carboxylic acids is 1. The summed E-state index contributed by atoms with van der Waals surface area (Å²) < 4.78 is 35.3. The van der Waals surface area contributed by atoms with Gasteiger partial charge in [0.25, 0.3) is 5.78 Å². The van der Waals surface area contributed by atoms with Crippen LogP contribution in [0.2, 0.25) is 5.15 Å². The fourth-order valence-corrected chi connectivity index (χ4v) is 0.969. The van der Waals surface area contributed by atoms with Crippen LogP contribution in [-0.2, 0) is 4.79 Å². The van der Waals surface area contributed by atoms with Crippen LogP contribution in [0.5, 0.6) is 0 Å². The number of hydrogen-bond donors (Lipinski definition) is 2. The third-order valence-electron chi connectivity index (χ3n) is 1.51. The van der Waals surface area contributed by atoms with E-state index in [1.54, 1.807) is 6.07 Å². The number of nitrogens with one attached hydrogen (secondary N) is 2. The van der Waals surface area contributed by atoms with Gasteiger partial charge in [-0.3, -0.25) is 10.2 Å². The molecule has 0 saturated heterocycles. The number of aromatic nitrogens is 1. The minimum Gasteiger partial charge on any atom is -0.307 e. The molecule has 0 fully saturated rings. The Balaban J connectivity index is 2.43. The van der Waals surface area contributed by atoms with Crippen molar-refractivity contribution in [1.82, 2.24) is 10.4 Å². The molecule has 1 aromatic heterocycles. The van der Waals surface area contributed by atoms with E-state index < -0.39 is 12.0 Å². The second kappa shape index (κ2) is 5.53. The maximum absolute atomic E-state index is 11.8. The molecule has 0 aliphatic heterocycles. The summed E-state index contributed by atoms with van der Waals surface area (Å²) in [6.07, 6.45) is -3.69. The molecule has 0 bridgehead atoms. The van der Waals surface area contributed by atoms with Gasteiger partial charge in [-0.2, -0.15) is 13.2 Å². The average molecular weight is 266 g/mol. The zero-order valence-corrected chi connectivity index (χ0v) is 9.01. The first-order chi connectivity index (χ1) is 7.89. The maximum atomic E-state index is 11.8. The number of nitrogens with zero attached hydrogens (tertiary/aromatic N) is 1. The van der Waals surface area contributed by atoms with Gasteiger partial charge in [0.1, 0.15) is 11.0 Å². The zero-order chi connectivity index (χ0) is 12.9. The van der Waals surface area contributed by atoms with Gasteiger partial charge in [0, 0.05) is 12.3 Å². The van der Waals surface area contributed by atoms with E-state index in [2.05, 4.69) is 15.8 Å². The molecule has 1 rings (SSSR count). The summed E-state index contributed by atoms with van der Waals surface area (Å²) in [5.41, 5.74) is 4.70. The van der Waals surface area contributed by atoms with Gasteiger partial charge in [0.2, 0.25) is 0 Å². The normalized spacial score (nSPS) is 11.5. The summed E-state index contributed by atoms with van der Waals surface area (Å²) in [4.78, 5) is 14.2. The Kier molecular flexibility index (Phi) is 4.33. The zero-order valence-electron chi connectivity index (χ0n) is 8.25. The fourth-order valence-electron chi connectivity index (χ4n) is 0.805. The molecule has 1 aromatic rings. The van der Waals surface area contributed by atoms with Crippen LogP contribution in [0.15, 0.2) is 30.5 Å². The van der Waals surface area contributed by atoms with E-state index in [0.717, 1.165) is 6.20 Å². The number of hydrazine groups is 1. The van der Waals surface area contributed by atoms with Crippen LogP contribution >= 0.6 is 11.6 Å². The molecule has 0 spiro atoms. The first-order valence-corrected chi connectivity index (χ1v) is 4.69. The molecule has 0 aliphatic carbocycles. The Morgan fingerprint density at radius 3 is 2.71 bits per heavy atom. The van der Waals surface area contributed by atoms with E-state index in [4.69, 9.17) is 11.6 Å². The number of allylic oxidation sites excluding steroid dienone is 1. The van der Waals surface area contributed by atoms with Gasteiger partial charge in [-0.05, 0) is 12.1 Å².